The molecular formula is C14H28N2. The van der Waals surface area contributed by atoms with Crippen LogP contribution in [0.4, 0.5) is 0 Å². The lowest BCUT2D eigenvalue weighted by Gasteiger charge is -2.36. The zero-order valence-corrected chi connectivity index (χ0v) is 11.0. The van der Waals surface area contributed by atoms with Crippen molar-refractivity contribution < 1.29 is 0 Å². The highest BCUT2D eigenvalue weighted by Crippen LogP contribution is 2.29. The van der Waals surface area contributed by atoms with E-state index in [1.165, 1.54) is 58.3 Å². The second-order valence-corrected chi connectivity index (χ2v) is 5.89. The Hall–Kier alpha value is -0.0800. The average Bonchev–Trinajstić information content (AvgIpc) is 2.54. The lowest BCUT2D eigenvalue weighted by atomic mass is 9.84. The number of nitrogens with zero attached hydrogens (tertiary/aromatic N) is 1. The summed E-state index contributed by atoms with van der Waals surface area (Å²) in [7, 11) is 0. The van der Waals surface area contributed by atoms with Crippen molar-refractivity contribution in [3.8, 4) is 0 Å². The lowest BCUT2D eigenvalue weighted by molar-refractivity contribution is 0.131. The molecule has 0 bridgehead atoms. The maximum atomic E-state index is 3.54. The largest absolute Gasteiger partial charge is 0.315 e. The topological polar surface area (TPSA) is 15.3 Å². The fourth-order valence-electron chi connectivity index (χ4n) is 3.38. The summed E-state index contributed by atoms with van der Waals surface area (Å²) in [5, 5.41) is 3.54. The normalized spacial score (nSPS) is 38.2. The van der Waals surface area contributed by atoms with Gasteiger partial charge < -0.3 is 5.32 Å². The van der Waals surface area contributed by atoms with Gasteiger partial charge in [0.15, 0.2) is 0 Å². The highest BCUT2D eigenvalue weighted by atomic mass is 15.2. The molecular weight excluding hydrogens is 196 g/mol. The Morgan fingerprint density at radius 2 is 1.94 bits per heavy atom. The first-order valence-electron chi connectivity index (χ1n) is 7.24. The predicted octanol–water partition coefficient (Wildman–Crippen LogP) is 2.50. The molecule has 1 unspecified atom stereocenters. The molecule has 1 heterocycles. The van der Waals surface area contributed by atoms with E-state index in [2.05, 4.69) is 24.1 Å². The van der Waals surface area contributed by atoms with E-state index in [0.29, 0.717) is 0 Å². The van der Waals surface area contributed by atoms with Crippen molar-refractivity contribution in [3.05, 3.63) is 0 Å². The maximum Gasteiger partial charge on any atom is 0.0110 e. The van der Waals surface area contributed by atoms with E-state index in [1.807, 2.05) is 0 Å². The van der Waals surface area contributed by atoms with Gasteiger partial charge in [-0.3, -0.25) is 4.90 Å². The summed E-state index contributed by atoms with van der Waals surface area (Å²) in [6, 6.07) is 0.894. The Labute approximate surface area is 101 Å². The van der Waals surface area contributed by atoms with Gasteiger partial charge in [-0.2, -0.15) is 0 Å². The van der Waals surface area contributed by atoms with E-state index >= 15 is 0 Å². The first-order chi connectivity index (χ1) is 7.79. The molecule has 0 radical (unpaired) electrons. The highest BCUT2D eigenvalue weighted by Gasteiger charge is 2.26. The summed E-state index contributed by atoms with van der Waals surface area (Å²) < 4.78 is 0. The van der Waals surface area contributed by atoms with Gasteiger partial charge in [-0.15, -0.1) is 0 Å². The zero-order valence-electron chi connectivity index (χ0n) is 11.0. The van der Waals surface area contributed by atoms with Crippen molar-refractivity contribution in [3.63, 3.8) is 0 Å². The molecule has 16 heavy (non-hydrogen) atoms. The zero-order chi connectivity index (χ0) is 11.4. The Bertz CT molecular complexity index is 197. The van der Waals surface area contributed by atoms with Gasteiger partial charge in [-0.05, 0) is 44.1 Å². The monoisotopic (exact) mass is 224 g/mol. The minimum Gasteiger partial charge on any atom is -0.315 e. The summed E-state index contributed by atoms with van der Waals surface area (Å²) >= 11 is 0. The smallest absolute Gasteiger partial charge is 0.0110 e. The van der Waals surface area contributed by atoms with Gasteiger partial charge in [0, 0.05) is 25.7 Å². The second-order valence-electron chi connectivity index (χ2n) is 5.89. The maximum absolute atomic E-state index is 3.54. The van der Waals surface area contributed by atoms with Crippen molar-refractivity contribution in [2.75, 3.05) is 26.2 Å². The molecule has 1 aliphatic heterocycles. The second kappa shape index (κ2) is 6.02. The van der Waals surface area contributed by atoms with Crippen LogP contribution in [0.2, 0.25) is 0 Å². The third kappa shape index (κ3) is 3.21. The first-order valence-corrected chi connectivity index (χ1v) is 7.24. The van der Waals surface area contributed by atoms with Gasteiger partial charge in [0.2, 0.25) is 0 Å². The fraction of sp³-hybridized carbons (Fsp3) is 1.00. The standard InChI is InChI=1S/C14H28N2/c1-3-13-4-6-14(7-5-13)16-9-8-15-10-12(2)11-16/h12-15H,3-11H2,1-2H3. The van der Waals surface area contributed by atoms with Crippen LogP contribution in [0.5, 0.6) is 0 Å². The molecule has 0 amide bonds. The summed E-state index contributed by atoms with van der Waals surface area (Å²) in [6.07, 6.45) is 7.24. The molecule has 0 aromatic carbocycles. The first kappa shape index (κ1) is 12.4. The Morgan fingerprint density at radius 3 is 2.62 bits per heavy atom. The van der Waals surface area contributed by atoms with Gasteiger partial charge in [0.25, 0.3) is 0 Å². The van der Waals surface area contributed by atoms with E-state index in [-0.39, 0.29) is 0 Å². The van der Waals surface area contributed by atoms with E-state index in [1.54, 1.807) is 0 Å². The van der Waals surface area contributed by atoms with Crippen LogP contribution >= 0.6 is 0 Å². The van der Waals surface area contributed by atoms with Crippen LogP contribution in [0.25, 0.3) is 0 Å². The summed E-state index contributed by atoms with van der Waals surface area (Å²) in [5.41, 5.74) is 0. The molecule has 2 nitrogen and oxygen atoms in total. The van der Waals surface area contributed by atoms with Crippen molar-refractivity contribution in [1.29, 1.82) is 0 Å². The number of rotatable bonds is 2. The van der Waals surface area contributed by atoms with Gasteiger partial charge in [-0.25, -0.2) is 0 Å². The quantitative estimate of drug-likeness (QED) is 0.775. The molecule has 2 aliphatic rings. The average molecular weight is 224 g/mol. The molecule has 1 saturated carbocycles. The van der Waals surface area contributed by atoms with Crippen LogP contribution in [0, 0.1) is 11.8 Å². The Balaban J connectivity index is 1.82. The van der Waals surface area contributed by atoms with Crippen molar-refractivity contribution >= 4 is 0 Å². The molecule has 2 heteroatoms. The Morgan fingerprint density at radius 1 is 1.19 bits per heavy atom. The molecule has 0 aromatic rings. The molecule has 1 saturated heterocycles. The minimum atomic E-state index is 0.825. The van der Waals surface area contributed by atoms with Crippen LogP contribution in [-0.4, -0.2) is 37.1 Å². The van der Waals surface area contributed by atoms with Gasteiger partial charge in [0.1, 0.15) is 0 Å². The molecule has 0 spiro atoms. The summed E-state index contributed by atoms with van der Waals surface area (Å²) in [5.74, 6) is 1.85. The van der Waals surface area contributed by atoms with Gasteiger partial charge in [0.05, 0.1) is 0 Å². The van der Waals surface area contributed by atoms with Crippen LogP contribution in [0.1, 0.15) is 46.0 Å². The number of nitrogens with one attached hydrogen (secondary N) is 1. The minimum absolute atomic E-state index is 0.825. The molecule has 1 aliphatic carbocycles. The fourth-order valence-corrected chi connectivity index (χ4v) is 3.38. The van der Waals surface area contributed by atoms with Gasteiger partial charge in [-0.1, -0.05) is 20.3 Å². The van der Waals surface area contributed by atoms with Gasteiger partial charge >= 0.3 is 0 Å². The van der Waals surface area contributed by atoms with Crippen LogP contribution in [-0.2, 0) is 0 Å². The SMILES string of the molecule is CCC1CCC(N2CCNCC(C)C2)CC1. The molecule has 1 N–H and O–H groups in total. The summed E-state index contributed by atoms with van der Waals surface area (Å²) in [6.45, 7) is 9.71. The van der Waals surface area contributed by atoms with Crippen molar-refractivity contribution in [1.82, 2.24) is 10.2 Å². The summed E-state index contributed by atoms with van der Waals surface area (Å²) in [4.78, 5) is 2.76. The third-order valence-electron chi connectivity index (χ3n) is 4.52. The molecule has 2 fully saturated rings. The van der Waals surface area contributed by atoms with E-state index < -0.39 is 0 Å². The predicted molar refractivity (Wildman–Crippen MR) is 69.6 cm³/mol. The molecule has 94 valence electrons. The van der Waals surface area contributed by atoms with Crippen LogP contribution < -0.4 is 5.32 Å². The van der Waals surface area contributed by atoms with Crippen LogP contribution in [0.3, 0.4) is 0 Å². The van der Waals surface area contributed by atoms with E-state index in [4.69, 9.17) is 0 Å². The van der Waals surface area contributed by atoms with Crippen molar-refractivity contribution in [2.24, 2.45) is 11.8 Å². The third-order valence-corrected chi connectivity index (χ3v) is 4.52. The molecule has 1 atom stereocenters. The van der Waals surface area contributed by atoms with Crippen molar-refractivity contribution in [2.45, 2.75) is 52.0 Å². The highest BCUT2D eigenvalue weighted by molar-refractivity contribution is 4.82. The molecule has 2 rings (SSSR count). The van der Waals surface area contributed by atoms with E-state index in [0.717, 1.165) is 17.9 Å². The van der Waals surface area contributed by atoms with Crippen LogP contribution in [0.15, 0.2) is 0 Å². The lowest BCUT2D eigenvalue weighted by Crippen LogP contribution is -2.41. The number of hydrogen-bond acceptors (Lipinski definition) is 2. The molecule has 0 aromatic heterocycles. The number of hydrogen-bond donors (Lipinski definition) is 1. The Kier molecular flexibility index (Phi) is 4.66. The van der Waals surface area contributed by atoms with E-state index in [9.17, 15) is 0 Å².